The molecule has 1 saturated carbocycles. The second kappa shape index (κ2) is 4.99. The first-order valence-electron chi connectivity index (χ1n) is 6.68. The molecule has 0 radical (unpaired) electrons. The van der Waals surface area contributed by atoms with Gasteiger partial charge in [0, 0.05) is 6.04 Å². The molecule has 2 aliphatic rings. The zero-order valence-electron chi connectivity index (χ0n) is 11.6. The molecule has 2 heterocycles. The molecule has 1 amide bonds. The summed E-state index contributed by atoms with van der Waals surface area (Å²) < 4.78 is 7.54. The molecule has 3 rings (SSSR count). The number of nitrogens with one attached hydrogen (secondary N) is 1. The molecule has 5 nitrogen and oxygen atoms in total. The number of H-pyrrole nitrogens is 1. The Labute approximate surface area is 145 Å². The van der Waals surface area contributed by atoms with E-state index in [-0.39, 0.29) is 12.1 Å². The molecule has 1 aromatic heterocycles. The van der Waals surface area contributed by atoms with Crippen LogP contribution in [0.1, 0.15) is 45.5 Å². The third-order valence-corrected chi connectivity index (χ3v) is 6.26. The van der Waals surface area contributed by atoms with Gasteiger partial charge in [-0.2, -0.15) is 0 Å². The van der Waals surface area contributed by atoms with Crippen LogP contribution in [0.25, 0.3) is 0 Å². The Bertz CT molecular complexity index is 533. The van der Waals surface area contributed by atoms with Crippen molar-refractivity contribution in [1.82, 2.24) is 14.9 Å². The minimum atomic E-state index is -0.458. The van der Waals surface area contributed by atoms with Gasteiger partial charge in [0.1, 0.15) is 18.8 Å². The van der Waals surface area contributed by atoms with Crippen molar-refractivity contribution in [2.24, 2.45) is 5.92 Å². The molecular weight excluding hydrogens is 484 g/mol. The van der Waals surface area contributed by atoms with Crippen LogP contribution in [0.5, 0.6) is 0 Å². The van der Waals surface area contributed by atoms with Gasteiger partial charge in [-0.25, -0.2) is 9.78 Å². The molecule has 1 aliphatic carbocycles. The van der Waals surface area contributed by atoms with Crippen LogP contribution < -0.4 is 0 Å². The second-order valence-electron chi connectivity index (χ2n) is 6.43. The minimum absolute atomic E-state index is 0.0330. The maximum absolute atomic E-state index is 12.4. The lowest BCUT2D eigenvalue weighted by Gasteiger charge is -2.29. The van der Waals surface area contributed by atoms with Crippen molar-refractivity contribution in [1.29, 1.82) is 0 Å². The van der Waals surface area contributed by atoms with Crippen LogP contribution in [0.15, 0.2) is 0 Å². The number of hydrogen-bond acceptors (Lipinski definition) is 3. The fourth-order valence-corrected chi connectivity index (χ4v) is 3.57. The number of aromatic nitrogens is 2. The van der Waals surface area contributed by atoms with Gasteiger partial charge in [0.25, 0.3) is 0 Å². The molecule has 2 fully saturated rings. The highest BCUT2D eigenvalue weighted by atomic mass is 127. The number of carbonyl (C=O) groups excluding carboxylic acids is 1. The minimum Gasteiger partial charge on any atom is -0.444 e. The Hall–Kier alpha value is -0.0600. The molecule has 0 spiro atoms. The van der Waals surface area contributed by atoms with Crippen molar-refractivity contribution in [2.75, 3.05) is 0 Å². The maximum Gasteiger partial charge on any atom is 0.411 e. The predicted octanol–water partition coefficient (Wildman–Crippen LogP) is 3.69. The van der Waals surface area contributed by atoms with Crippen molar-refractivity contribution in [3.05, 3.63) is 13.2 Å². The zero-order valence-corrected chi connectivity index (χ0v) is 15.9. The van der Waals surface area contributed by atoms with Crippen molar-refractivity contribution < 1.29 is 9.53 Å². The lowest BCUT2D eigenvalue weighted by molar-refractivity contribution is 0.0175. The Morgan fingerprint density at radius 3 is 2.65 bits per heavy atom. The molecule has 20 heavy (non-hydrogen) atoms. The van der Waals surface area contributed by atoms with Gasteiger partial charge in [0.15, 0.2) is 0 Å². The number of carbonyl (C=O) groups is 1. The molecular formula is C13H17I2N3O2. The number of aromatic amines is 1. The van der Waals surface area contributed by atoms with Crippen molar-refractivity contribution in [3.8, 4) is 0 Å². The first-order valence-corrected chi connectivity index (χ1v) is 8.84. The van der Waals surface area contributed by atoms with Gasteiger partial charge in [-0.1, -0.05) is 0 Å². The number of likely N-dealkylation sites (tertiary alicyclic amines) is 1. The molecule has 0 bridgehead atoms. The number of halogens is 2. The van der Waals surface area contributed by atoms with Gasteiger partial charge in [-0.15, -0.1) is 0 Å². The highest BCUT2D eigenvalue weighted by molar-refractivity contribution is 14.1. The van der Waals surface area contributed by atoms with Gasteiger partial charge in [0.05, 0.1) is 6.04 Å². The lowest BCUT2D eigenvalue weighted by Crippen LogP contribution is -2.38. The second-order valence-corrected chi connectivity index (χ2v) is 8.53. The number of ether oxygens (including phenoxy) is 1. The number of amides is 1. The van der Waals surface area contributed by atoms with Crippen molar-refractivity contribution >= 4 is 51.3 Å². The number of hydrogen-bond donors (Lipinski definition) is 1. The van der Waals surface area contributed by atoms with E-state index in [0.717, 1.165) is 26.1 Å². The number of nitrogens with zero attached hydrogens (tertiary/aromatic N) is 2. The Morgan fingerprint density at radius 2 is 2.10 bits per heavy atom. The lowest BCUT2D eigenvalue weighted by atomic mass is 10.1. The third kappa shape index (κ3) is 2.79. The summed E-state index contributed by atoms with van der Waals surface area (Å²) in [7, 11) is 0. The predicted molar refractivity (Wildman–Crippen MR) is 91.3 cm³/mol. The van der Waals surface area contributed by atoms with Crippen LogP contribution in [-0.2, 0) is 4.74 Å². The third-order valence-electron chi connectivity index (χ3n) is 3.66. The van der Waals surface area contributed by atoms with Crippen molar-refractivity contribution in [2.45, 2.75) is 51.3 Å². The van der Waals surface area contributed by atoms with Crippen LogP contribution >= 0.6 is 45.2 Å². The van der Waals surface area contributed by atoms with Crippen LogP contribution in [-0.4, -0.2) is 32.6 Å². The maximum atomic E-state index is 12.4. The SMILES string of the molecule is CC(C)(C)OC(=O)N1C(c2nc(I)c(I)[nH]2)C[C@H]2C[C@H]21. The summed E-state index contributed by atoms with van der Waals surface area (Å²) in [6.07, 6.45) is 1.88. The largest absolute Gasteiger partial charge is 0.444 e. The standard InChI is InChI=1S/C13H17I2N3O2/c1-13(2,3)20-12(19)18-7-4-6(7)5-8(18)11-16-9(14)10(15)17-11/h6-8H,4-5H2,1-3H3,(H,16,17)/t6-,7-,8?/m1/s1. The fourth-order valence-electron chi connectivity index (χ4n) is 2.78. The van der Waals surface area contributed by atoms with Crippen molar-refractivity contribution in [3.63, 3.8) is 0 Å². The summed E-state index contributed by atoms with van der Waals surface area (Å²) >= 11 is 4.44. The molecule has 1 N–H and O–H groups in total. The molecule has 1 saturated heterocycles. The van der Waals surface area contributed by atoms with E-state index in [4.69, 9.17) is 4.74 Å². The molecule has 3 atom stereocenters. The molecule has 0 aromatic carbocycles. The Balaban J connectivity index is 1.82. The number of fused-ring (bicyclic) bond motifs is 1. The Kier molecular flexibility index (Phi) is 3.71. The quantitative estimate of drug-likeness (QED) is 0.598. The average molecular weight is 501 g/mol. The molecule has 1 unspecified atom stereocenters. The van der Waals surface area contributed by atoms with Gasteiger partial charge >= 0.3 is 6.09 Å². The van der Waals surface area contributed by atoms with Gasteiger partial charge < -0.3 is 9.72 Å². The average Bonchev–Trinajstić information content (AvgIpc) is 2.82. The summed E-state index contributed by atoms with van der Waals surface area (Å²) in [5.41, 5.74) is -0.458. The van der Waals surface area contributed by atoms with E-state index >= 15 is 0 Å². The van der Waals surface area contributed by atoms with E-state index < -0.39 is 5.60 Å². The monoisotopic (exact) mass is 501 g/mol. The first-order chi connectivity index (χ1) is 9.26. The summed E-state index contributed by atoms with van der Waals surface area (Å²) in [4.78, 5) is 22.2. The summed E-state index contributed by atoms with van der Waals surface area (Å²) in [6.45, 7) is 5.71. The van der Waals surface area contributed by atoms with Gasteiger partial charge in [-0.05, 0) is 84.7 Å². The Morgan fingerprint density at radius 1 is 1.40 bits per heavy atom. The van der Waals surface area contributed by atoms with E-state index in [1.807, 2.05) is 25.7 Å². The molecule has 1 aliphatic heterocycles. The topological polar surface area (TPSA) is 58.2 Å². The summed E-state index contributed by atoms with van der Waals surface area (Å²) in [5, 5.41) is 0. The smallest absolute Gasteiger partial charge is 0.411 e. The van der Waals surface area contributed by atoms with E-state index in [2.05, 4.69) is 55.1 Å². The highest BCUT2D eigenvalue weighted by Crippen LogP contribution is 2.53. The first kappa shape index (κ1) is 14.9. The van der Waals surface area contributed by atoms with E-state index in [0.29, 0.717) is 12.0 Å². The van der Waals surface area contributed by atoms with Crippen LogP contribution in [0, 0.1) is 13.3 Å². The number of rotatable bonds is 1. The number of piperidine rings is 1. The molecule has 110 valence electrons. The van der Waals surface area contributed by atoms with Gasteiger partial charge in [-0.3, -0.25) is 4.90 Å². The van der Waals surface area contributed by atoms with Crippen LogP contribution in [0.4, 0.5) is 4.79 Å². The normalized spacial score (nSPS) is 28.4. The van der Waals surface area contributed by atoms with E-state index in [1.54, 1.807) is 0 Å². The zero-order chi connectivity index (χ0) is 14.7. The summed E-state index contributed by atoms with van der Waals surface area (Å²) in [6, 6.07) is 0.376. The molecule has 1 aromatic rings. The molecule has 7 heteroatoms. The van der Waals surface area contributed by atoms with Gasteiger partial charge in [0.2, 0.25) is 0 Å². The van der Waals surface area contributed by atoms with E-state index in [9.17, 15) is 4.79 Å². The van der Waals surface area contributed by atoms with E-state index in [1.165, 1.54) is 0 Å². The fraction of sp³-hybridized carbons (Fsp3) is 0.692. The van der Waals surface area contributed by atoms with Crippen LogP contribution in [0.2, 0.25) is 0 Å². The highest BCUT2D eigenvalue weighted by Gasteiger charge is 2.56. The van der Waals surface area contributed by atoms with Crippen LogP contribution in [0.3, 0.4) is 0 Å². The summed E-state index contributed by atoms with van der Waals surface area (Å²) in [5.74, 6) is 1.50. The number of imidazole rings is 1.